The van der Waals surface area contributed by atoms with Crippen LogP contribution in [0.3, 0.4) is 0 Å². The van der Waals surface area contributed by atoms with Crippen LogP contribution in [0.5, 0.6) is 0 Å². The number of nitrogens with zero attached hydrogens (tertiary/aromatic N) is 4. The summed E-state index contributed by atoms with van der Waals surface area (Å²) < 4.78 is 162. The van der Waals surface area contributed by atoms with Gasteiger partial charge in [-0.25, -0.2) is 28.6 Å². The van der Waals surface area contributed by atoms with E-state index in [1.54, 1.807) is 0 Å². The van der Waals surface area contributed by atoms with Crippen molar-refractivity contribution in [1.29, 1.82) is 4.29 Å². The van der Waals surface area contributed by atoms with E-state index in [-0.39, 0.29) is 10.3 Å². The van der Waals surface area contributed by atoms with Gasteiger partial charge >= 0.3 is 23.5 Å². The average Bonchev–Trinajstić information content (AvgIpc) is 3.26. The van der Waals surface area contributed by atoms with Crippen LogP contribution >= 0.6 is 23.5 Å². The number of nitrogen functional groups attached to an aromatic ring is 1. The zero-order valence-corrected chi connectivity index (χ0v) is 16.2. The summed E-state index contributed by atoms with van der Waals surface area (Å²) in [6, 6.07) is 0. The van der Waals surface area contributed by atoms with Crippen molar-refractivity contribution >= 4 is 40.4 Å². The minimum atomic E-state index is -6.35. The fraction of sp³-hybridized carbons (Fsp3) is 0.500. The molecule has 6 atom stereocenters. The molecule has 7 N–H and O–H groups in total. The molecule has 1 saturated heterocycles. The zero-order valence-electron chi connectivity index (χ0n) is 27.6. The third kappa shape index (κ3) is 5.68. The van der Waals surface area contributed by atoms with Gasteiger partial charge in [-0.05, 0) is 0 Å². The fourth-order valence-electron chi connectivity index (χ4n) is 1.75. The van der Waals surface area contributed by atoms with Gasteiger partial charge in [0.2, 0.25) is 4.29 Å². The predicted molar refractivity (Wildman–Crippen MR) is 94.1 cm³/mol. The summed E-state index contributed by atoms with van der Waals surface area (Å²) in [5.74, 6) is -0.802. The number of hydrogen-bond acceptors (Lipinski definition) is 14. The Morgan fingerprint density at radius 3 is 2.93 bits per heavy atom. The number of rotatable bonds is 12. The van der Waals surface area contributed by atoms with E-state index in [1.807, 2.05) is 0 Å². The van der Waals surface area contributed by atoms with Crippen LogP contribution in [0.2, 0.25) is 2.82 Å². The Morgan fingerprint density at radius 2 is 2.23 bits per heavy atom. The van der Waals surface area contributed by atoms with E-state index in [9.17, 15) is 18.6 Å². The summed E-state index contributed by atoms with van der Waals surface area (Å²) >= 11 is 0. The second-order valence-electron chi connectivity index (χ2n) is 4.80. The van der Waals surface area contributed by atoms with E-state index < -0.39 is 84.4 Å². The molecule has 1 fully saturated rings. The van der Waals surface area contributed by atoms with E-state index in [0.29, 0.717) is 0 Å². The molecule has 2 aromatic heterocycles. The molecule has 3 heterocycles. The average molecular weight is 510 g/mol. The summed E-state index contributed by atoms with van der Waals surface area (Å²) in [6.45, 7) is -4.52. The van der Waals surface area contributed by atoms with Crippen molar-refractivity contribution in [2.45, 2.75) is 24.7 Å². The summed E-state index contributed by atoms with van der Waals surface area (Å²) in [4.78, 5) is 35.6. The molecule has 3 unspecified atom stereocenters. The summed E-state index contributed by atoms with van der Waals surface area (Å²) in [7, 11) is -18.4. The molecule has 0 aromatic carbocycles. The maximum atomic E-state index is 12.8. The first-order valence-electron chi connectivity index (χ1n) is 13.4. The van der Waals surface area contributed by atoms with E-state index >= 15 is 0 Å². The quantitative estimate of drug-likeness (QED) is 0.154. The second kappa shape index (κ2) is 8.31. The van der Waals surface area contributed by atoms with Gasteiger partial charge in [0.05, 0.1) is 25.8 Å². The summed E-state index contributed by atoms with van der Waals surface area (Å²) in [5, 5.41) is 3.98. The first-order chi connectivity index (χ1) is 19.7. The molecule has 20 heteroatoms. The number of imidazole rings is 1. The lowest BCUT2D eigenvalue weighted by Crippen LogP contribution is -2.26. The third-order valence-corrected chi connectivity index (χ3v) is 6.29. The van der Waals surface area contributed by atoms with Gasteiger partial charge < -0.3 is 35.1 Å². The van der Waals surface area contributed by atoms with Crippen LogP contribution in [0.25, 0.3) is 11.2 Å². The SMILES string of the molecule is [2H]O[C@@]1([2H])C([2H])([2H])[C@]([2H])([15n]2c([2H])[15n]c3c([15N]([2H])[2H])[15n]c([2H])[15n]c32)O[C@]1([2H])C([2H])([2H])OP(=O)(O[2H])OP(=O)(O)OP(=O)(O)O[2H]. The van der Waals surface area contributed by atoms with Gasteiger partial charge in [-0.2, -0.15) is 8.62 Å². The molecule has 17 nitrogen and oxygen atoms in total. The topological polar surface area (TPSA) is 259 Å². The Kier molecular flexibility index (Phi) is 3.05. The first kappa shape index (κ1) is 11.0. The summed E-state index contributed by atoms with van der Waals surface area (Å²) in [6.07, 6.45) is -18.8. The Hall–Kier alpha value is -1.32. The second-order valence-corrected chi connectivity index (χ2v) is 9.06. The highest BCUT2D eigenvalue weighted by molar-refractivity contribution is 7.66. The molecule has 0 bridgehead atoms. The number of anilines is 1. The molecular weight excluding hydrogens is 480 g/mol. The van der Waals surface area contributed by atoms with Crippen molar-refractivity contribution in [3.05, 3.63) is 12.6 Å². The van der Waals surface area contributed by atoms with Crippen LogP contribution in [-0.4, -0.2) is 67.2 Å². The van der Waals surface area contributed by atoms with Crippen molar-refractivity contribution in [3.63, 3.8) is 0 Å². The number of nitrogens with two attached hydrogens (primary N) is 1. The summed E-state index contributed by atoms with van der Waals surface area (Å²) in [5.41, 5.74) is -1.86. The van der Waals surface area contributed by atoms with Crippen LogP contribution in [0, 0.1) is 0 Å². The Bertz CT molecular complexity index is 1600. The van der Waals surface area contributed by atoms with Crippen molar-refractivity contribution < 1.29 is 71.4 Å². The number of aromatic nitrogens is 4. The third-order valence-electron chi connectivity index (χ3n) is 2.70. The molecule has 3 rings (SSSR count). The fourth-order valence-corrected chi connectivity index (χ4v) is 4.52. The van der Waals surface area contributed by atoms with Crippen LogP contribution in [0.1, 0.15) is 24.9 Å². The molecule has 2 aromatic rings. The molecule has 168 valence electrons. The highest BCUT2D eigenvalue weighted by Crippen LogP contribution is 2.66. The van der Waals surface area contributed by atoms with Crippen molar-refractivity contribution in [3.8, 4) is 0 Å². The van der Waals surface area contributed by atoms with Gasteiger partial charge in [-0.1, -0.05) is 0 Å². The highest BCUT2D eigenvalue weighted by atomic mass is 31.3. The van der Waals surface area contributed by atoms with E-state index in [1.165, 1.54) is 0 Å². The molecule has 1 aliphatic rings. The maximum Gasteiger partial charge on any atom is 0.490 e. The number of fused-ring (bicyclic) bond motifs is 1. The Morgan fingerprint density at radius 1 is 1.40 bits per heavy atom. The monoisotopic (exact) mass is 510 g/mol. The number of ether oxygens (including phenoxy) is 1. The highest BCUT2D eigenvalue weighted by Gasteiger charge is 2.43. The standard InChI is InChI=1S/C10H16N5O12P3/c11-9-8-10(13-3-12-9)15(4-14-8)7-1-5(16)6(25-7)2-24-29(20,21)27-30(22,23)26-28(17,18)19/h3-7,16H,1-2H2,(H,20,21)(H,22,23)(H2,11,12,13)(H2,17,18,19)/t5-,6+,7+/m0/s1/i1D2,2D2,3D,4D,5D,6D,7D,11+1,12+1,13+1,14+1,15+1,16D/hD4. The van der Waals surface area contributed by atoms with E-state index in [4.69, 9.17) is 29.1 Å². The molecule has 1 aliphatic heterocycles. The number of phosphoric ester groups is 1. The van der Waals surface area contributed by atoms with Crippen molar-refractivity contribution in [2.75, 3.05) is 12.3 Å². The molecule has 0 aliphatic carbocycles. The Labute approximate surface area is 186 Å². The number of phosphoric acid groups is 3. The van der Waals surface area contributed by atoms with Crippen LogP contribution in [-0.2, 0) is 31.6 Å². The van der Waals surface area contributed by atoms with E-state index in [0.717, 1.165) is 0 Å². The number of hydrogen-bond donors (Lipinski definition) is 6. The predicted octanol–water partition coefficient (Wildman–Crippen LogP) is -0.600. The molecular formula is C10H16N5O12P3. The minimum Gasteiger partial charge on any atom is -0.390 e. The smallest absolute Gasteiger partial charge is 0.390 e. The molecule has 0 amide bonds. The van der Waals surface area contributed by atoms with Gasteiger partial charge in [0.1, 0.15) is 26.8 Å². The van der Waals surface area contributed by atoms with Crippen molar-refractivity contribution in [1.82, 2.24) is 19.5 Å². The van der Waals surface area contributed by atoms with Gasteiger partial charge in [-0.15, -0.1) is 0 Å². The first-order valence-corrected chi connectivity index (χ1v) is 11.2. The molecule has 0 radical (unpaired) electrons. The number of aliphatic hydroxyl groups is 1. The van der Waals surface area contributed by atoms with Crippen LogP contribution in [0.15, 0.2) is 12.6 Å². The normalized spacial score (nSPS) is 44.1. The van der Waals surface area contributed by atoms with Crippen LogP contribution in [0.4, 0.5) is 5.82 Å². The van der Waals surface area contributed by atoms with Crippen molar-refractivity contribution in [2.24, 2.45) is 0 Å². The zero-order chi connectivity index (χ0) is 34.1. The molecule has 0 spiro atoms. The Balaban J connectivity index is 2.21. The van der Waals surface area contributed by atoms with E-state index in [2.05, 4.69) is 43.0 Å². The lowest BCUT2D eigenvalue weighted by atomic mass is 10.2. The molecule has 30 heavy (non-hydrogen) atoms. The van der Waals surface area contributed by atoms with Gasteiger partial charge in [-0.3, -0.25) is 9.09 Å². The lowest BCUT2D eigenvalue weighted by molar-refractivity contribution is -0.0423. The lowest BCUT2D eigenvalue weighted by Gasteiger charge is -2.19. The maximum absolute atomic E-state index is 12.8. The van der Waals surface area contributed by atoms with Gasteiger partial charge in [0.25, 0.3) is 0 Å². The van der Waals surface area contributed by atoms with Gasteiger partial charge in [0.15, 0.2) is 14.3 Å². The van der Waals surface area contributed by atoms with Crippen LogP contribution < -0.4 is 5.72 Å². The van der Waals surface area contributed by atoms with Gasteiger partial charge in [0, 0.05) is 9.11 Å². The largest absolute Gasteiger partial charge is 0.490 e. The minimum absolute atomic E-state index is 0.0176. The molecule has 0 saturated carbocycles.